The maximum atomic E-state index is 11.9. The number of hydrogen-bond acceptors (Lipinski definition) is 5. The van der Waals surface area contributed by atoms with Crippen LogP contribution in [-0.2, 0) is 4.79 Å². The monoisotopic (exact) mass is 345 g/mol. The smallest absolute Gasteiger partial charge is 0.225 e. The van der Waals surface area contributed by atoms with E-state index in [2.05, 4.69) is 20.5 Å². The van der Waals surface area contributed by atoms with Crippen molar-refractivity contribution in [3.63, 3.8) is 0 Å². The lowest BCUT2D eigenvalue weighted by molar-refractivity contribution is -0.115. The van der Waals surface area contributed by atoms with Crippen LogP contribution in [0.2, 0.25) is 10.0 Å². The van der Waals surface area contributed by atoms with Crippen LogP contribution >= 0.6 is 35.0 Å². The minimum Gasteiger partial charge on any atom is -0.399 e. The summed E-state index contributed by atoms with van der Waals surface area (Å²) in [6, 6.07) is 3.07. The molecule has 4 N–H and O–H groups in total. The Labute approximate surface area is 135 Å². The Morgan fingerprint density at radius 2 is 2.10 bits per heavy atom. The highest BCUT2D eigenvalue weighted by molar-refractivity contribution is 7.99. The molecule has 0 bridgehead atoms. The predicted molar refractivity (Wildman–Crippen MR) is 86.0 cm³/mol. The summed E-state index contributed by atoms with van der Waals surface area (Å²) in [7, 11) is 0. The van der Waals surface area contributed by atoms with Crippen molar-refractivity contribution in [2.45, 2.75) is 18.5 Å². The van der Waals surface area contributed by atoms with Crippen molar-refractivity contribution in [1.82, 2.24) is 15.2 Å². The third kappa shape index (κ3) is 4.52. The second-order valence-corrected chi connectivity index (χ2v) is 6.09. The number of anilines is 2. The van der Waals surface area contributed by atoms with Gasteiger partial charge in [0.25, 0.3) is 0 Å². The summed E-state index contributed by atoms with van der Waals surface area (Å²) in [6.07, 6.45) is 0.287. The van der Waals surface area contributed by atoms with E-state index in [1.54, 1.807) is 0 Å². The van der Waals surface area contributed by atoms with Crippen LogP contribution in [0.25, 0.3) is 0 Å². The number of thioether (sulfide) groups is 1. The number of hydrogen-bond donors (Lipinski definition) is 3. The third-order valence-corrected chi connectivity index (χ3v) is 3.91. The quantitative estimate of drug-likeness (QED) is 0.571. The Morgan fingerprint density at radius 1 is 1.43 bits per heavy atom. The number of nitrogens with zero attached hydrogens (tertiary/aromatic N) is 2. The van der Waals surface area contributed by atoms with Gasteiger partial charge in [-0.05, 0) is 19.1 Å². The molecule has 1 heterocycles. The van der Waals surface area contributed by atoms with Crippen molar-refractivity contribution in [2.24, 2.45) is 0 Å². The van der Waals surface area contributed by atoms with E-state index in [0.29, 0.717) is 32.3 Å². The fourth-order valence-electron chi connectivity index (χ4n) is 1.54. The molecule has 0 radical (unpaired) electrons. The van der Waals surface area contributed by atoms with Gasteiger partial charge < -0.3 is 11.1 Å². The first-order chi connectivity index (χ1) is 9.95. The van der Waals surface area contributed by atoms with Gasteiger partial charge >= 0.3 is 0 Å². The van der Waals surface area contributed by atoms with Crippen LogP contribution in [0, 0.1) is 6.92 Å². The molecule has 112 valence electrons. The molecule has 0 atom stereocenters. The van der Waals surface area contributed by atoms with Gasteiger partial charge in [0.05, 0.1) is 15.7 Å². The van der Waals surface area contributed by atoms with Gasteiger partial charge in [0.1, 0.15) is 5.82 Å². The van der Waals surface area contributed by atoms with Gasteiger partial charge in [-0.15, -0.1) is 5.10 Å². The molecule has 0 aliphatic carbocycles. The van der Waals surface area contributed by atoms with Crippen molar-refractivity contribution < 1.29 is 4.79 Å². The number of nitrogen functional groups attached to an aromatic ring is 1. The standard InChI is InChI=1S/C12H13Cl2N5OS/c1-6-16-12(19-18-6)21-3-2-10(20)17-11-8(13)4-7(15)5-9(11)14/h4-5H,2-3,15H2,1H3,(H,17,20)(H,16,18,19). The summed E-state index contributed by atoms with van der Waals surface area (Å²) in [4.78, 5) is 16.0. The minimum absolute atomic E-state index is 0.191. The van der Waals surface area contributed by atoms with Gasteiger partial charge in [-0.3, -0.25) is 9.89 Å². The molecule has 0 unspecified atom stereocenters. The average Bonchev–Trinajstić information content (AvgIpc) is 2.79. The summed E-state index contributed by atoms with van der Waals surface area (Å²) >= 11 is 13.4. The molecule has 0 saturated heterocycles. The molecule has 2 rings (SSSR count). The van der Waals surface area contributed by atoms with Gasteiger partial charge in [-0.2, -0.15) is 0 Å². The number of carbonyl (C=O) groups is 1. The number of nitrogens with two attached hydrogens (primary N) is 1. The molecule has 1 amide bonds. The number of rotatable bonds is 5. The molecule has 1 aromatic carbocycles. The molecule has 0 saturated carbocycles. The lowest BCUT2D eigenvalue weighted by Crippen LogP contribution is -2.13. The molecule has 9 heteroatoms. The number of amides is 1. The molecule has 1 aromatic heterocycles. The SMILES string of the molecule is Cc1nc(SCCC(=O)Nc2c(Cl)cc(N)cc2Cl)n[nH]1. The van der Waals surface area contributed by atoms with Crippen LogP contribution in [0.4, 0.5) is 11.4 Å². The zero-order valence-corrected chi connectivity index (χ0v) is 13.4. The van der Waals surface area contributed by atoms with E-state index in [9.17, 15) is 4.79 Å². The number of aromatic amines is 1. The molecular weight excluding hydrogens is 333 g/mol. The Morgan fingerprint density at radius 3 is 2.67 bits per heavy atom. The van der Waals surface area contributed by atoms with Crippen LogP contribution in [0.15, 0.2) is 17.3 Å². The van der Waals surface area contributed by atoms with Gasteiger partial charge in [0, 0.05) is 17.9 Å². The summed E-state index contributed by atoms with van der Waals surface area (Å²) in [5.74, 6) is 1.10. The highest BCUT2D eigenvalue weighted by Gasteiger charge is 2.11. The largest absolute Gasteiger partial charge is 0.399 e. The number of aromatic nitrogens is 3. The normalized spacial score (nSPS) is 10.6. The Balaban J connectivity index is 1.87. The zero-order chi connectivity index (χ0) is 15.4. The fraction of sp³-hybridized carbons (Fsp3) is 0.250. The molecule has 0 aliphatic heterocycles. The molecule has 6 nitrogen and oxygen atoms in total. The lowest BCUT2D eigenvalue weighted by Gasteiger charge is -2.09. The second kappa shape index (κ2) is 7.02. The fourth-order valence-corrected chi connectivity index (χ4v) is 2.92. The van der Waals surface area contributed by atoms with Crippen molar-refractivity contribution in [2.75, 3.05) is 16.8 Å². The lowest BCUT2D eigenvalue weighted by atomic mass is 10.2. The number of benzene rings is 1. The maximum absolute atomic E-state index is 11.9. The van der Waals surface area contributed by atoms with Crippen molar-refractivity contribution in [1.29, 1.82) is 0 Å². The summed E-state index contributed by atoms with van der Waals surface area (Å²) in [5.41, 5.74) is 6.42. The predicted octanol–water partition coefficient (Wildman–Crippen LogP) is 3.12. The van der Waals surface area contributed by atoms with E-state index in [1.807, 2.05) is 6.92 Å². The summed E-state index contributed by atoms with van der Waals surface area (Å²) in [5, 5.41) is 10.6. The zero-order valence-electron chi connectivity index (χ0n) is 11.1. The van der Waals surface area contributed by atoms with Crippen molar-refractivity contribution >= 4 is 52.2 Å². The maximum Gasteiger partial charge on any atom is 0.225 e. The van der Waals surface area contributed by atoms with Gasteiger partial charge in [0.2, 0.25) is 11.1 Å². The Hall–Kier alpha value is -1.44. The highest BCUT2D eigenvalue weighted by atomic mass is 35.5. The molecular formula is C12H13Cl2N5OS. The summed E-state index contributed by atoms with van der Waals surface area (Å²) in [6.45, 7) is 1.81. The number of H-pyrrole nitrogens is 1. The van der Waals surface area contributed by atoms with E-state index in [0.717, 1.165) is 5.82 Å². The molecule has 0 spiro atoms. The molecule has 0 aliphatic rings. The first-order valence-electron chi connectivity index (χ1n) is 6.02. The van der Waals surface area contributed by atoms with Gasteiger partial charge in [0.15, 0.2) is 0 Å². The van der Waals surface area contributed by atoms with Crippen LogP contribution < -0.4 is 11.1 Å². The third-order valence-electron chi connectivity index (χ3n) is 2.47. The highest BCUT2D eigenvalue weighted by Crippen LogP contribution is 2.32. The van der Waals surface area contributed by atoms with Gasteiger partial charge in [-0.1, -0.05) is 35.0 Å². The first kappa shape index (κ1) is 15.9. The Kier molecular flexibility index (Phi) is 5.33. The van der Waals surface area contributed by atoms with Crippen LogP contribution in [0.1, 0.15) is 12.2 Å². The van der Waals surface area contributed by atoms with E-state index in [1.165, 1.54) is 23.9 Å². The van der Waals surface area contributed by atoms with Crippen LogP contribution in [0.3, 0.4) is 0 Å². The van der Waals surface area contributed by atoms with E-state index in [-0.39, 0.29) is 12.3 Å². The first-order valence-corrected chi connectivity index (χ1v) is 7.76. The van der Waals surface area contributed by atoms with Crippen LogP contribution in [-0.4, -0.2) is 26.8 Å². The van der Waals surface area contributed by atoms with E-state index in [4.69, 9.17) is 28.9 Å². The van der Waals surface area contributed by atoms with Crippen LogP contribution in [0.5, 0.6) is 0 Å². The number of nitrogens with one attached hydrogen (secondary N) is 2. The number of carbonyl (C=O) groups excluding carboxylic acids is 1. The molecule has 2 aromatic rings. The van der Waals surface area contributed by atoms with Crippen molar-refractivity contribution in [3.8, 4) is 0 Å². The average molecular weight is 346 g/mol. The molecule has 21 heavy (non-hydrogen) atoms. The van der Waals surface area contributed by atoms with E-state index < -0.39 is 0 Å². The number of halogens is 2. The number of aryl methyl sites for hydroxylation is 1. The van der Waals surface area contributed by atoms with Crippen molar-refractivity contribution in [3.05, 3.63) is 28.0 Å². The summed E-state index contributed by atoms with van der Waals surface area (Å²) < 4.78 is 0. The second-order valence-electron chi connectivity index (χ2n) is 4.21. The van der Waals surface area contributed by atoms with E-state index >= 15 is 0 Å². The minimum atomic E-state index is -0.191. The molecule has 0 fully saturated rings. The van der Waals surface area contributed by atoms with Gasteiger partial charge in [-0.25, -0.2) is 4.98 Å². The topological polar surface area (TPSA) is 96.7 Å². The Bertz CT molecular complexity index is 638.